The van der Waals surface area contributed by atoms with Crippen LogP contribution in [0.25, 0.3) is 11.2 Å². The van der Waals surface area contributed by atoms with Gasteiger partial charge in [0.1, 0.15) is 5.52 Å². The van der Waals surface area contributed by atoms with Crippen LogP contribution in [0.4, 0.5) is 5.95 Å². The van der Waals surface area contributed by atoms with Gasteiger partial charge in [-0.3, -0.25) is 4.57 Å². The van der Waals surface area contributed by atoms with Gasteiger partial charge in [0.05, 0.1) is 5.02 Å². The highest BCUT2D eigenvalue weighted by molar-refractivity contribution is 6.31. The van der Waals surface area contributed by atoms with Crippen molar-refractivity contribution in [1.82, 2.24) is 14.5 Å². The van der Waals surface area contributed by atoms with Crippen LogP contribution in [0, 0.1) is 5.92 Å². The van der Waals surface area contributed by atoms with E-state index in [-0.39, 0.29) is 0 Å². The summed E-state index contributed by atoms with van der Waals surface area (Å²) in [6.07, 6.45) is 2.68. The lowest BCUT2D eigenvalue weighted by molar-refractivity contribution is 0.525. The maximum atomic E-state index is 5.86. The van der Waals surface area contributed by atoms with Gasteiger partial charge in [-0.25, -0.2) is 9.97 Å². The molecule has 2 N–H and O–H groups in total. The first-order valence-electron chi connectivity index (χ1n) is 5.35. The Morgan fingerprint density at radius 3 is 2.94 bits per heavy atom. The number of pyridine rings is 1. The summed E-state index contributed by atoms with van der Waals surface area (Å²) in [5.41, 5.74) is 7.42. The van der Waals surface area contributed by atoms with Gasteiger partial charge in [0.2, 0.25) is 5.95 Å². The summed E-state index contributed by atoms with van der Waals surface area (Å²) in [7, 11) is 0. The van der Waals surface area contributed by atoms with Crippen molar-refractivity contribution in [3.8, 4) is 0 Å². The van der Waals surface area contributed by atoms with Gasteiger partial charge in [-0.2, -0.15) is 0 Å². The molecule has 0 bridgehead atoms. The number of nitrogen functional groups attached to an aromatic ring is 1. The molecule has 0 amide bonds. The van der Waals surface area contributed by atoms with E-state index in [2.05, 4.69) is 23.8 Å². The normalized spacial score (nSPS) is 11.5. The summed E-state index contributed by atoms with van der Waals surface area (Å²) in [6.45, 7) is 5.20. The molecule has 0 spiro atoms. The van der Waals surface area contributed by atoms with Gasteiger partial charge < -0.3 is 5.73 Å². The first-order chi connectivity index (χ1) is 7.58. The quantitative estimate of drug-likeness (QED) is 0.895. The lowest BCUT2D eigenvalue weighted by Crippen LogP contribution is -2.06. The number of aromatic nitrogens is 3. The average molecular weight is 239 g/mol. The largest absolute Gasteiger partial charge is 0.369 e. The monoisotopic (exact) mass is 238 g/mol. The molecule has 4 nitrogen and oxygen atoms in total. The molecule has 0 saturated carbocycles. The predicted octanol–water partition coefficient (Wildman–Crippen LogP) is 2.71. The SMILES string of the molecule is CC(C)CCn1c(N)nc2cc(Cl)cnc21. The highest BCUT2D eigenvalue weighted by Crippen LogP contribution is 2.20. The molecule has 0 aliphatic rings. The fourth-order valence-corrected chi connectivity index (χ4v) is 1.76. The number of nitrogens with zero attached hydrogens (tertiary/aromatic N) is 3. The predicted molar refractivity (Wildman–Crippen MR) is 66.4 cm³/mol. The Bertz CT molecular complexity index is 504. The van der Waals surface area contributed by atoms with E-state index in [1.54, 1.807) is 12.3 Å². The second-order valence-electron chi connectivity index (χ2n) is 4.30. The first kappa shape index (κ1) is 11.2. The number of fused-ring (bicyclic) bond motifs is 1. The molecule has 86 valence electrons. The van der Waals surface area contributed by atoms with Crippen molar-refractivity contribution < 1.29 is 0 Å². The van der Waals surface area contributed by atoms with Crippen molar-refractivity contribution in [1.29, 1.82) is 0 Å². The van der Waals surface area contributed by atoms with Crippen molar-refractivity contribution in [3.63, 3.8) is 0 Å². The van der Waals surface area contributed by atoms with Crippen molar-refractivity contribution in [2.45, 2.75) is 26.8 Å². The molecular weight excluding hydrogens is 224 g/mol. The van der Waals surface area contributed by atoms with Crippen LogP contribution in [-0.4, -0.2) is 14.5 Å². The van der Waals surface area contributed by atoms with Gasteiger partial charge in [0.15, 0.2) is 5.65 Å². The number of rotatable bonds is 3. The first-order valence-corrected chi connectivity index (χ1v) is 5.73. The van der Waals surface area contributed by atoms with Crippen molar-refractivity contribution in [2.24, 2.45) is 5.92 Å². The van der Waals surface area contributed by atoms with Crippen molar-refractivity contribution in [2.75, 3.05) is 5.73 Å². The minimum absolute atomic E-state index is 0.505. The van der Waals surface area contributed by atoms with E-state index in [1.165, 1.54) is 0 Å². The summed E-state index contributed by atoms with van der Waals surface area (Å²) < 4.78 is 1.94. The van der Waals surface area contributed by atoms with Gasteiger partial charge >= 0.3 is 0 Å². The van der Waals surface area contributed by atoms with E-state index in [4.69, 9.17) is 17.3 Å². The van der Waals surface area contributed by atoms with Gasteiger partial charge in [-0.15, -0.1) is 0 Å². The molecular formula is C11H15ClN4. The summed E-state index contributed by atoms with van der Waals surface area (Å²) in [5, 5.41) is 0.584. The van der Waals surface area contributed by atoms with Crippen LogP contribution in [-0.2, 0) is 6.54 Å². The lowest BCUT2D eigenvalue weighted by atomic mass is 10.1. The number of anilines is 1. The van der Waals surface area contributed by atoms with Crippen LogP contribution in [0.1, 0.15) is 20.3 Å². The summed E-state index contributed by atoms with van der Waals surface area (Å²) >= 11 is 5.86. The Kier molecular flexibility index (Phi) is 3.01. The number of hydrogen-bond donors (Lipinski definition) is 1. The molecule has 0 aliphatic heterocycles. The Hall–Kier alpha value is -1.29. The van der Waals surface area contributed by atoms with E-state index in [9.17, 15) is 0 Å². The maximum Gasteiger partial charge on any atom is 0.202 e. The fourth-order valence-electron chi connectivity index (χ4n) is 1.61. The number of nitrogens with two attached hydrogens (primary N) is 1. The van der Waals surface area contributed by atoms with Crippen LogP contribution in [0.3, 0.4) is 0 Å². The van der Waals surface area contributed by atoms with Crippen LogP contribution in [0.5, 0.6) is 0 Å². The Morgan fingerprint density at radius 1 is 1.50 bits per heavy atom. The molecule has 0 unspecified atom stereocenters. The molecule has 2 heterocycles. The van der Waals surface area contributed by atoms with E-state index in [1.807, 2.05) is 4.57 Å². The fraction of sp³-hybridized carbons (Fsp3) is 0.455. The molecule has 0 aliphatic carbocycles. The van der Waals surface area contributed by atoms with Crippen LogP contribution >= 0.6 is 11.6 Å². The van der Waals surface area contributed by atoms with Crippen LogP contribution in [0.2, 0.25) is 5.02 Å². The number of aryl methyl sites for hydroxylation is 1. The van der Waals surface area contributed by atoms with E-state index < -0.39 is 0 Å². The summed E-state index contributed by atoms with van der Waals surface area (Å²) in [5.74, 6) is 1.13. The van der Waals surface area contributed by atoms with Crippen molar-refractivity contribution in [3.05, 3.63) is 17.3 Å². The molecule has 0 atom stereocenters. The van der Waals surface area contributed by atoms with Crippen LogP contribution in [0.15, 0.2) is 12.3 Å². The Balaban J connectivity index is 2.40. The number of halogens is 1. The summed E-state index contributed by atoms with van der Waals surface area (Å²) in [4.78, 5) is 8.51. The average Bonchev–Trinajstić information content (AvgIpc) is 2.50. The lowest BCUT2D eigenvalue weighted by Gasteiger charge is -2.07. The number of imidazole rings is 1. The minimum atomic E-state index is 0.505. The second kappa shape index (κ2) is 4.29. The van der Waals surface area contributed by atoms with Crippen LogP contribution < -0.4 is 5.73 Å². The highest BCUT2D eigenvalue weighted by atomic mass is 35.5. The third kappa shape index (κ3) is 2.11. The third-order valence-electron chi connectivity index (χ3n) is 2.51. The number of hydrogen-bond acceptors (Lipinski definition) is 3. The minimum Gasteiger partial charge on any atom is -0.369 e. The molecule has 5 heteroatoms. The van der Waals surface area contributed by atoms with Gasteiger partial charge in [-0.1, -0.05) is 25.4 Å². The topological polar surface area (TPSA) is 56.7 Å². The Morgan fingerprint density at radius 2 is 2.25 bits per heavy atom. The molecule has 0 saturated heterocycles. The molecule has 2 aromatic heterocycles. The third-order valence-corrected chi connectivity index (χ3v) is 2.72. The smallest absolute Gasteiger partial charge is 0.202 e. The second-order valence-corrected chi connectivity index (χ2v) is 4.74. The zero-order chi connectivity index (χ0) is 11.7. The van der Waals surface area contributed by atoms with Gasteiger partial charge in [-0.05, 0) is 18.4 Å². The van der Waals surface area contributed by atoms with Crippen molar-refractivity contribution >= 4 is 28.7 Å². The molecule has 2 rings (SSSR count). The van der Waals surface area contributed by atoms with E-state index >= 15 is 0 Å². The Labute approximate surface area is 99.4 Å². The van der Waals surface area contributed by atoms with Gasteiger partial charge in [0, 0.05) is 12.7 Å². The maximum absolute atomic E-state index is 5.86. The molecule has 0 fully saturated rings. The zero-order valence-electron chi connectivity index (χ0n) is 9.44. The zero-order valence-corrected chi connectivity index (χ0v) is 10.2. The van der Waals surface area contributed by atoms with E-state index in [0.29, 0.717) is 16.9 Å². The molecule has 2 aromatic rings. The molecule has 0 aromatic carbocycles. The highest BCUT2D eigenvalue weighted by Gasteiger charge is 2.09. The van der Waals surface area contributed by atoms with Gasteiger partial charge in [0.25, 0.3) is 0 Å². The standard InChI is InChI=1S/C11H15ClN4/c1-7(2)3-4-16-10-9(15-11(16)13)5-8(12)6-14-10/h5-7H,3-4H2,1-2H3,(H2,13,15). The molecule has 0 radical (unpaired) electrons. The summed E-state index contributed by atoms with van der Waals surface area (Å²) in [6, 6.07) is 1.78. The molecule has 16 heavy (non-hydrogen) atoms. The van der Waals surface area contributed by atoms with E-state index in [0.717, 1.165) is 24.1 Å².